The summed E-state index contributed by atoms with van der Waals surface area (Å²) in [7, 11) is 0. The minimum atomic E-state index is -0.503. The monoisotopic (exact) mass is 398 g/mol. The van der Waals surface area contributed by atoms with E-state index in [-0.39, 0.29) is 30.1 Å². The van der Waals surface area contributed by atoms with Gasteiger partial charge < -0.3 is 14.1 Å². The molecule has 1 atom stereocenters. The molecule has 1 unspecified atom stereocenters. The lowest BCUT2D eigenvalue weighted by Gasteiger charge is -2.22. The molecule has 29 heavy (non-hydrogen) atoms. The molecule has 1 amide bonds. The predicted octanol–water partition coefficient (Wildman–Crippen LogP) is 4.29. The summed E-state index contributed by atoms with van der Waals surface area (Å²) in [5, 5.41) is 0. The summed E-state index contributed by atoms with van der Waals surface area (Å²) < 4.78 is 37.9. The van der Waals surface area contributed by atoms with E-state index in [0.29, 0.717) is 24.6 Å². The van der Waals surface area contributed by atoms with Crippen molar-refractivity contribution in [3.05, 3.63) is 83.6 Å². The minimum absolute atomic E-state index is 0.0503. The van der Waals surface area contributed by atoms with Crippen molar-refractivity contribution in [2.24, 2.45) is 0 Å². The summed E-state index contributed by atoms with van der Waals surface area (Å²) in [6.07, 6.45) is 3.69. The Balaban J connectivity index is 1.40. The molecule has 1 aliphatic rings. The van der Waals surface area contributed by atoms with Crippen LogP contribution in [0.5, 0.6) is 5.75 Å². The number of amides is 1. The molecule has 0 aliphatic carbocycles. The Bertz CT molecular complexity index is 988. The van der Waals surface area contributed by atoms with E-state index in [1.807, 2.05) is 0 Å². The highest BCUT2D eigenvalue weighted by molar-refractivity contribution is 5.78. The molecule has 2 heterocycles. The first kappa shape index (κ1) is 19.1. The van der Waals surface area contributed by atoms with E-state index in [0.717, 1.165) is 18.4 Å². The van der Waals surface area contributed by atoms with E-state index in [4.69, 9.17) is 9.15 Å². The summed E-state index contributed by atoms with van der Waals surface area (Å²) in [5.41, 5.74) is 0.909. The first-order valence-electron chi connectivity index (χ1n) is 9.46. The van der Waals surface area contributed by atoms with Gasteiger partial charge >= 0.3 is 0 Å². The van der Waals surface area contributed by atoms with Gasteiger partial charge in [0.25, 0.3) is 5.91 Å². The number of ether oxygens (including phenoxy) is 1. The fraction of sp³-hybridized carbons (Fsp3) is 0.273. The highest BCUT2D eigenvalue weighted by Gasteiger charge is 2.33. The predicted molar refractivity (Wildman–Crippen MR) is 101 cm³/mol. The molecule has 1 saturated heterocycles. The summed E-state index contributed by atoms with van der Waals surface area (Å²) in [6.45, 7) is 0.320. The molecule has 0 N–H and O–H groups in total. The number of carbonyl (C=O) groups excluding carboxylic acids is 1. The van der Waals surface area contributed by atoms with Crippen molar-refractivity contribution in [3.63, 3.8) is 0 Å². The number of benzene rings is 2. The minimum Gasteiger partial charge on any atom is -0.481 e. The second kappa shape index (κ2) is 8.43. The summed E-state index contributed by atoms with van der Waals surface area (Å²) in [5.74, 6) is 0.136. The maximum Gasteiger partial charge on any atom is 0.261 e. The number of hydrogen-bond acceptors (Lipinski definition) is 4. The van der Waals surface area contributed by atoms with E-state index in [1.54, 1.807) is 35.4 Å². The van der Waals surface area contributed by atoms with Gasteiger partial charge in [0, 0.05) is 13.0 Å². The Labute approximate surface area is 166 Å². The van der Waals surface area contributed by atoms with Crippen molar-refractivity contribution < 1.29 is 22.7 Å². The fourth-order valence-corrected chi connectivity index (χ4v) is 3.47. The maximum absolute atomic E-state index is 13.7. The van der Waals surface area contributed by atoms with Crippen LogP contribution >= 0.6 is 0 Å². The number of nitrogens with zero attached hydrogens (tertiary/aromatic N) is 2. The van der Waals surface area contributed by atoms with Gasteiger partial charge in [-0.05, 0) is 42.7 Å². The van der Waals surface area contributed by atoms with Gasteiger partial charge in [-0.3, -0.25) is 4.79 Å². The van der Waals surface area contributed by atoms with E-state index >= 15 is 0 Å². The number of halogens is 2. The van der Waals surface area contributed by atoms with Crippen LogP contribution < -0.4 is 4.74 Å². The van der Waals surface area contributed by atoms with Crippen LogP contribution in [0, 0.1) is 11.6 Å². The Hall–Kier alpha value is -3.22. The highest BCUT2D eigenvalue weighted by Crippen LogP contribution is 2.32. The topological polar surface area (TPSA) is 55.6 Å². The zero-order valence-corrected chi connectivity index (χ0v) is 15.7. The van der Waals surface area contributed by atoms with Gasteiger partial charge in [-0.2, -0.15) is 0 Å². The van der Waals surface area contributed by atoms with Crippen molar-refractivity contribution in [2.75, 3.05) is 13.2 Å². The van der Waals surface area contributed by atoms with Crippen molar-refractivity contribution in [3.8, 4) is 5.75 Å². The van der Waals surface area contributed by atoms with Crippen molar-refractivity contribution in [1.29, 1.82) is 0 Å². The van der Waals surface area contributed by atoms with Crippen LogP contribution in [0.3, 0.4) is 0 Å². The van der Waals surface area contributed by atoms with Crippen LogP contribution in [0.1, 0.15) is 36.1 Å². The molecule has 150 valence electrons. The molecule has 0 radical (unpaired) electrons. The third kappa shape index (κ3) is 4.45. The number of para-hydroxylation sites is 1. The number of carbonyl (C=O) groups is 1. The van der Waals surface area contributed by atoms with Crippen LogP contribution in [-0.2, 0) is 11.2 Å². The molecule has 0 saturated carbocycles. The largest absolute Gasteiger partial charge is 0.481 e. The quantitative estimate of drug-likeness (QED) is 0.622. The summed E-state index contributed by atoms with van der Waals surface area (Å²) in [6, 6.07) is 11.9. The van der Waals surface area contributed by atoms with Crippen LogP contribution in [0.25, 0.3) is 0 Å². The van der Waals surface area contributed by atoms with Crippen molar-refractivity contribution in [2.45, 2.75) is 25.3 Å². The number of likely N-dealkylation sites (tertiary alicyclic amines) is 1. The smallest absolute Gasteiger partial charge is 0.261 e. The van der Waals surface area contributed by atoms with Crippen LogP contribution in [-0.4, -0.2) is 28.9 Å². The summed E-state index contributed by atoms with van der Waals surface area (Å²) in [4.78, 5) is 18.6. The molecule has 2 aromatic carbocycles. The Morgan fingerprint density at radius 3 is 2.76 bits per heavy atom. The van der Waals surface area contributed by atoms with Gasteiger partial charge in [-0.15, -0.1) is 0 Å². The van der Waals surface area contributed by atoms with E-state index in [1.165, 1.54) is 24.3 Å². The van der Waals surface area contributed by atoms with Crippen LogP contribution in [0.15, 0.2) is 59.1 Å². The van der Waals surface area contributed by atoms with Crippen LogP contribution in [0.2, 0.25) is 0 Å². The molecular weight excluding hydrogens is 378 g/mol. The lowest BCUT2D eigenvalue weighted by atomic mass is 10.1. The van der Waals surface area contributed by atoms with E-state index < -0.39 is 5.82 Å². The second-order valence-corrected chi connectivity index (χ2v) is 6.93. The van der Waals surface area contributed by atoms with Gasteiger partial charge in [-0.25, -0.2) is 13.8 Å². The van der Waals surface area contributed by atoms with Gasteiger partial charge in [0.05, 0.1) is 6.20 Å². The van der Waals surface area contributed by atoms with Gasteiger partial charge in [0.15, 0.2) is 18.2 Å². The number of aromatic nitrogens is 1. The standard InChI is InChI=1S/C22H20F2N2O3/c23-16-9-7-15(8-10-16)12-17-13-25-22(29-17)19-5-3-11-26(19)21(27)14-28-20-6-2-1-4-18(20)24/h1-2,4,6-10,13,19H,3,5,11-12,14H2. The lowest BCUT2D eigenvalue weighted by molar-refractivity contribution is -0.134. The number of rotatable bonds is 6. The maximum atomic E-state index is 13.7. The molecule has 3 aromatic rings. The normalized spacial score (nSPS) is 16.2. The van der Waals surface area contributed by atoms with Gasteiger partial charge in [0.2, 0.25) is 5.89 Å². The van der Waals surface area contributed by atoms with Gasteiger partial charge in [0.1, 0.15) is 17.6 Å². The second-order valence-electron chi connectivity index (χ2n) is 6.93. The molecule has 1 fully saturated rings. The molecule has 0 spiro atoms. The number of hydrogen-bond donors (Lipinski definition) is 0. The van der Waals surface area contributed by atoms with Gasteiger partial charge in [-0.1, -0.05) is 24.3 Å². The first-order valence-corrected chi connectivity index (χ1v) is 9.46. The molecule has 1 aliphatic heterocycles. The number of oxazole rings is 1. The van der Waals surface area contributed by atoms with Crippen molar-refractivity contribution >= 4 is 5.91 Å². The van der Waals surface area contributed by atoms with E-state index in [9.17, 15) is 13.6 Å². The summed E-state index contributed by atoms with van der Waals surface area (Å²) >= 11 is 0. The molecule has 4 rings (SSSR count). The van der Waals surface area contributed by atoms with E-state index in [2.05, 4.69) is 4.98 Å². The molecule has 0 bridgehead atoms. The third-order valence-electron chi connectivity index (χ3n) is 4.91. The first-order chi connectivity index (χ1) is 14.1. The SMILES string of the molecule is O=C(COc1ccccc1F)N1CCCC1c1ncc(Cc2ccc(F)cc2)o1. The highest BCUT2D eigenvalue weighted by atomic mass is 19.1. The zero-order chi connectivity index (χ0) is 20.2. The Kier molecular flexibility index (Phi) is 5.55. The molecule has 7 heteroatoms. The molecule has 1 aromatic heterocycles. The van der Waals surface area contributed by atoms with Crippen molar-refractivity contribution in [1.82, 2.24) is 9.88 Å². The average Bonchev–Trinajstić information content (AvgIpc) is 3.38. The zero-order valence-electron chi connectivity index (χ0n) is 15.7. The molecular formula is C22H20F2N2O3. The molecule has 5 nitrogen and oxygen atoms in total. The fourth-order valence-electron chi connectivity index (χ4n) is 3.47. The lowest BCUT2D eigenvalue weighted by Crippen LogP contribution is -2.34. The average molecular weight is 398 g/mol. The van der Waals surface area contributed by atoms with Crippen LogP contribution in [0.4, 0.5) is 8.78 Å². The Morgan fingerprint density at radius 2 is 1.97 bits per heavy atom. The Morgan fingerprint density at radius 1 is 1.17 bits per heavy atom. The third-order valence-corrected chi connectivity index (χ3v) is 4.91.